The molecule has 5 heteroatoms. The number of imidazole rings is 1. The lowest BCUT2D eigenvalue weighted by Crippen LogP contribution is -2.40. The molecular formula is C15H26N4O. The molecule has 0 radical (unpaired) electrons. The molecule has 1 aromatic rings. The number of piperidine rings is 1. The Labute approximate surface area is 121 Å². The van der Waals surface area contributed by atoms with Crippen LogP contribution in [-0.4, -0.2) is 33.4 Å². The molecule has 0 aromatic carbocycles. The number of carbonyl (C=O) groups excluding carboxylic acids is 1. The van der Waals surface area contributed by atoms with Crippen LogP contribution in [0.3, 0.4) is 0 Å². The first-order valence-corrected chi connectivity index (χ1v) is 7.58. The number of nitrogens with zero attached hydrogens (tertiary/aromatic N) is 3. The molecule has 0 saturated carbocycles. The van der Waals surface area contributed by atoms with Crippen LogP contribution in [0.2, 0.25) is 0 Å². The second kappa shape index (κ2) is 6.39. The van der Waals surface area contributed by atoms with Gasteiger partial charge in [-0.3, -0.25) is 4.79 Å². The van der Waals surface area contributed by atoms with Gasteiger partial charge >= 0.3 is 0 Å². The van der Waals surface area contributed by atoms with Crippen molar-refractivity contribution in [2.75, 3.05) is 13.1 Å². The van der Waals surface area contributed by atoms with Gasteiger partial charge in [0.15, 0.2) is 0 Å². The molecule has 2 N–H and O–H groups in total. The molecule has 0 bridgehead atoms. The van der Waals surface area contributed by atoms with Crippen molar-refractivity contribution in [2.24, 2.45) is 11.7 Å². The Bertz CT molecular complexity index is 448. The minimum Gasteiger partial charge on any atom is -0.341 e. The fourth-order valence-corrected chi connectivity index (χ4v) is 2.74. The summed E-state index contributed by atoms with van der Waals surface area (Å²) in [5.74, 6) is 0.502. The molecule has 1 amide bonds. The van der Waals surface area contributed by atoms with Crippen LogP contribution >= 0.6 is 0 Å². The quantitative estimate of drug-likeness (QED) is 0.917. The summed E-state index contributed by atoms with van der Waals surface area (Å²) in [7, 11) is 0. The van der Waals surface area contributed by atoms with E-state index in [1.165, 1.54) is 6.42 Å². The fourth-order valence-electron chi connectivity index (χ4n) is 2.74. The number of amides is 1. The van der Waals surface area contributed by atoms with Crippen molar-refractivity contribution in [1.29, 1.82) is 0 Å². The second-order valence-electron chi connectivity index (χ2n) is 6.06. The zero-order valence-corrected chi connectivity index (χ0v) is 12.7. The molecular weight excluding hydrogens is 252 g/mol. The van der Waals surface area contributed by atoms with E-state index in [-0.39, 0.29) is 18.0 Å². The van der Waals surface area contributed by atoms with Crippen molar-refractivity contribution in [3.63, 3.8) is 0 Å². The SMILES string of the molecule is CC(C)C(N)c1cncn1C(C)C(=O)N1CCCCC1. The molecule has 2 rings (SSSR count). The van der Waals surface area contributed by atoms with Gasteiger partial charge in [-0.15, -0.1) is 0 Å². The lowest BCUT2D eigenvalue weighted by molar-refractivity contribution is -0.135. The summed E-state index contributed by atoms with van der Waals surface area (Å²) >= 11 is 0. The summed E-state index contributed by atoms with van der Waals surface area (Å²) in [6.45, 7) is 7.86. The van der Waals surface area contributed by atoms with Crippen LogP contribution in [0.4, 0.5) is 0 Å². The van der Waals surface area contributed by atoms with Gasteiger partial charge in [0.25, 0.3) is 0 Å². The molecule has 2 unspecified atom stereocenters. The van der Waals surface area contributed by atoms with Gasteiger partial charge in [0.2, 0.25) is 5.91 Å². The van der Waals surface area contributed by atoms with Gasteiger partial charge in [0.1, 0.15) is 6.04 Å². The third-order valence-corrected chi connectivity index (χ3v) is 4.20. The van der Waals surface area contributed by atoms with E-state index in [1.807, 2.05) is 16.4 Å². The Morgan fingerprint density at radius 2 is 1.90 bits per heavy atom. The Morgan fingerprint density at radius 3 is 2.50 bits per heavy atom. The van der Waals surface area contributed by atoms with Crippen molar-refractivity contribution >= 4 is 5.91 Å². The van der Waals surface area contributed by atoms with Crippen LogP contribution < -0.4 is 5.73 Å². The van der Waals surface area contributed by atoms with Crippen molar-refractivity contribution < 1.29 is 4.79 Å². The van der Waals surface area contributed by atoms with Crippen LogP contribution in [-0.2, 0) is 4.79 Å². The molecule has 2 heterocycles. The summed E-state index contributed by atoms with van der Waals surface area (Å²) in [5.41, 5.74) is 7.16. The molecule has 1 fully saturated rings. The van der Waals surface area contributed by atoms with Gasteiger partial charge in [0, 0.05) is 25.3 Å². The van der Waals surface area contributed by atoms with Crippen LogP contribution in [0.15, 0.2) is 12.5 Å². The predicted octanol–water partition coefficient (Wildman–Crippen LogP) is 2.11. The summed E-state index contributed by atoms with van der Waals surface area (Å²) < 4.78 is 1.93. The predicted molar refractivity (Wildman–Crippen MR) is 79.1 cm³/mol. The lowest BCUT2D eigenvalue weighted by Gasteiger charge is -2.30. The highest BCUT2D eigenvalue weighted by molar-refractivity contribution is 5.80. The Morgan fingerprint density at radius 1 is 1.25 bits per heavy atom. The van der Waals surface area contributed by atoms with Gasteiger partial charge < -0.3 is 15.2 Å². The molecule has 1 aliphatic heterocycles. The topological polar surface area (TPSA) is 64.1 Å². The fraction of sp³-hybridized carbons (Fsp3) is 0.733. The maximum atomic E-state index is 12.6. The molecule has 1 saturated heterocycles. The molecule has 5 nitrogen and oxygen atoms in total. The van der Waals surface area contributed by atoms with Gasteiger partial charge in [0.05, 0.1) is 12.0 Å². The number of nitrogens with two attached hydrogens (primary N) is 1. The van der Waals surface area contributed by atoms with Crippen molar-refractivity contribution in [1.82, 2.24) is 14.5 Å². The largest absolute Gasteiger partial charge is 0.341 e. The van der Waals surface area contributed by atoms with E-state index in [4.69, 9.17) is 5.73 Å². The molecule has 0 aliphatic carbocycles. The van der Waals surface area contributed by atoms with E-state index in [0.29, 0.717) is 5.92 Å². The van der Waals surface area contributed by atoms with Crippen LogP contribution in [0.25, 0.3) is 0 Å². The lowest BCUT2D eigenvalue weighted by atomic mass is 10.0. The molecule has 1 aliphatic rings. The first kappa shape index (κ1) is 15.0. The van der Waals surface area contributed by atoms with Crippen molar-refractivity contribution in [2.45, 2.75) is 52.1 Å². The zero-order valence-electron chi connectivity index (χ0n) is 12.7. The molecule has 20 heavy (non-hydrogen) atoms. The number of hydrogen-bond donors (Lipinski definition) is 1. The zero-order chi connectivity index (χ0) is 14.7. The number of carbonyl (C=O) groups is 1. The highest BCUT2D eigenvalue weighted by atomic mass is 16.2. The van der Waals surface area contributed by atoms with Crippen LogP contribution in [0.5, 0.6) is 0 Å². The van der Waals surface area contributed by atoms with E-state index in [2.05, 4.69) is 18.8 Å². The van der Waals surface area contributed by atoms with Gasteiger partial charge in [-0.05, 0) is 32.1 Å². The number of rotatable bonds is 4. The first-order chi connectivity index (χ1) is 9.52. The normalized spacial score (nSPS) is 19.1. The average molecular weight is 278 g/mol. The van der Waals surface area contributed by atoms with E-state index >= 15 is 0 Å². The molecule has 112 valence electrons. The minimum absolute atomic E-state index is 0.0888. The maximum absolute atomic E-state index is 12.6. The highest BCUT2D eigenvalue weighted by Crippen LogP contribution is 2.23. The monoisotopic (exact) mass is 278 g/mol. The highest BCUT2D eigenvalue weighted by Gasteiger charge is 2.26. The third-order valence-electron chi connectivity index (χ3n) is 4.20. The Hall–Kier alpha value is -1.36. The Balaban J connectivity index is 2.14. The second-order valence-corrected chi connectivity index (χ2v) is 6.06. The molecule has 0 spiro atoms. The maximum Gasteiger partial charge on any atom is 0.245 e. The van der Waals surface area contributed by atoms with Gasteiger partial charge in [-0.1, -0.05) is 13.8 Å². The summed E-state index contributed by atoms with van der Waals surface area (Å²) in [4.78, 5) is 18.7. The van der Waals surface area contributed by atoms with Crippen molar-refractivity contribution in [3.05, 3.63) is 18.2 Å². The minimum atomic E-state index is -0.226. The smallest absolute Gasteiger partial charge is 0.245 e. The van der Waals surface area contributed by atoms with E-state index in [9.17, 15) is 4.79 Å². The van der Waals surface area contributed by atoms with E-state index < -0.39 is 0 Å². The Kier molecular flexibility index (Phi) is 4.81. The average Bonchev–Trinajstić information content (AvgIpc) is 2.94. The van der Waals surface area contributed by atoms with Gasteiger partial charge in [-0.2, -0.15) is 0 Å². The van der Waals surface area contributed by atoms with Gasteiger partial charge in [-0.25, -0.2) is 4.98 Å². The van der Waals surface area contributed by atoms with E-state index in [1.54, 1.807) is 12.5 Å². The third kappa shape index (κ3) is 3.03. The van der Waals surface area contributed by atoms with Crippen molar-refractivity contribution in [3.8, 4) is 0 Å². The molecule has 2 atom stereocenters. The molecule has 1 aromatic heterocycles. The standard InChI is InChI=1S/C15H26N4O/c1-11(2)14(16)13-9-17-10-19(13)12(3)15(20)18-7-5-4-6-8-18/h9-12,14H,4-8,16H2,1-3H3. The summed E-state index contributed by atoms with van der Waals surface area (Å²) in [5, 5.41) is 0. The number of hydrogen-bond acceptors (Lipinski definition) is 3. The number of likely N-dealkylation sites (tertiary alicyclic amines) is 1. The summed E-state index contributed by atoms with van der Waals surface area (Å²) in [6, 6.07) is -0.315. The van der Waals surface area contributed by atoms with Crippen LogP contribution in [0, 0.1) is 5.92 Å². The van der Waals surface area contributed by atoms with Crippen LogP contribution in [0.1, 0.15) is 57.8 Å². The number of aromatic nitrogens is 2. The first-order valence-electron chi connectivity index (χ1n) is 7.58. The summed E-state index contributed by atoms with van der Waals surface area (Å²) in [6.07, 6.45) is 6.96. The van der Waals surface area contributed by atoms with E-state index in [0.717, 1.165) is 31.6 Å².